The third-order valence-corrected chi connectivity index (χ3v) is 8.58. The number of aryl methyl sites for hydroxylation is 1. The van der Waals surface area contributed by atoms with E-state index in [1.54, 1.807) is 37.3 Å². The molecule has 0 saturated heterocycles. The highest BCUT2D eigenvalue weighted by Crippen LogP contribution is 2.38. The van der Waals surface area contributed by atoms with Gasteiger partial charge in [-0.25, -0.2) is 8.42 Å². The average molecular weight is 538 g/mol. The van der Waals surface area contributed by atoms with Crippen molar-refractivity contribution < 1.29 is 27.4 Å². The van der Waals surface area contributed by atoms with Crippen molar-refractivity contribution in [2.75, 3.05) is 14.2 Å². The van der Waals surface area contributed by atoms with Crippen LogP contribution in [0.3, 0.4) is 0 Å². The Labute approximate surface area is 220 Å². The Bertz CT molecular complexity index is 1580. The number of hydrogen-bond donors (Lipinski definition) is 1. The summed E-state index contributed by atoms with van der Waals surface area (Å²) in [5, 5.41) is 27.4. The Morgan fingerprint density at radius 1 is 1.13 bits per heavy atom. The van der Waals surface area contributed by atoms with Gasteiger partial charge in [0, 0.05) is 6.20 Å². The zero-order chi connectivity index (χ0) is 27.7. The third-order valence-electron chi connectivity index (χ3n) is 6.39. The smallest absolute Gasteiger partial charge is 0.204 e. The predicted octanol–water partition coefficient (Wildman–Crippen LogP) is 3.33. The summed E-state index contributed by atoms with van der Waals surface area (Å²) in [5.41, 5.74) is -1.06. The van der Waals surface area contributed by atoms with Crippen molar-refractivity contribution in [1.29, 1.82) is 5.26 Å². The number of sulfone groups is 1. The van der Waals surface area contributed by atoms with Gasteiger partial charge in [0.1, 0.15) is 40.4 Å². The van der Waals surface area contributed by atoms with Crippen molar-refractivity contribution in [2.45, 2.75) is 37.4 Å². The van der Waals surface area contributed by atoms with Crippen LogP contribution in [0.4, 0.5) is 0 Å². The Balaban J connectivity index is 1.83. The van der Waals surface area contributed by atoms with E-state index in [-0.39, 0.29) is 17.3 Å². The molecule has 198 valence electrons. The summed E-state index contributed by atoms with van der Waals surface area (Å²) in [6.45, 7) is 4.55. The molecular weight excluding hydrogens is 510 g/mol. The van der Waals surface area contributed by atoms with Gasteiger partial charge in [0.2, 0.25) is 5.82 Å². The second kappa shape index (κ2) is 10.3. The van der Waals surface area contributed by atoms with Gasteiger partial charge in [-0.2, -0.15) is 5.26 Å². The van der Waals surface area contributed by atoms with E-state index in [4.69, 9.17) is 19.2 Å². The molecule has 1 aromatic carbocycles. The third kappa shape index (κ3) is 4.85. The normalized spacial score (nSPS) is 13.9. The summed E-state index contributed by atoms with van der Waals surface area (Å²) >= 11 is 0. The predicted molar refractivity (Wildman–Crippen MR) is 138 cm³/mol. The maximum atomic E-state index is 13.7. The average Bonchev–Trinajstić information content (AvgIpc) is 3.52. The van der Waals surface area contributed by atoms with Gasteiger partial charge in [-0.05, 0) is 57.2 Å². The fourth-order valence-electron chi connectivity index (χ4n) is 4.03. The first-order valence-electron chi connectivity index (χ1n) is 11.6. The SMILES string of the molecule is COc1cccc(OC)c1-n1c(CS(=O)(=O)[C@@H](C)[C@@](C)(O)c2ccc(C#N)cn2)nnc1-c1ccc(C)o1. The molecule has 0 spiro atoms. The van der Waals surface area contributed by atoms with E-state index in [0.29, 0.717) is 34.3 Å². The van der Waals surface area contributed by atoms with Gasteiger partial charge in [0.05, 0.1) is 30.7 Å². The first-order valence-corrected chi connectivity index (χ1v) is 13.3. The molecule has 0 aliphatic rings. The maximum Gasteiger partial charge on any atom is 0.204 e. The molecule has 11 nitrogen and oxygen atoms in total. The van der Waals surface area contributed by atoms with Crippen molar-refractivity contribution in [1.82, 2.24) is 19.7 Å². The van der Waals surface area contributed by atoms with Crippen LogP contribution in [-0.4, -0.2) is 52.7 Å². The molecule has 0 saturated carbocycles. The molecule has 0 radical (unpaired) electrons. The Morgan fingerprint density at radius 3 is 2.34 bits per heavy atom. The summed E-state index contributed by atoms with van der Waals surface area (Å²) in [5.74, 6) is 1.53. The summed E-state index contributed by atoms with van der Waals surface area (Å²) in [7, 11) is -1.09. The highest BCUT2D eigenvalue weighted by molar-refractivity contribution is 7.91. The summed E-state index contributed by atoms with van der Waals surface area (Å²) in [6.07, 6.45) is 1.28. The Kier molecular flexibility index (Phi) is 7.26. The van der Waals surface area contributed by atoms with E-state index in [9.17, 15) is 13.5 Å². The number of nitriles is 1. The van der Waals surface area contributed by atoms with Crippen molar-refractivity contribution >= 4 is 9.84 Å². The first kappa shape index (κ1) is 26.8. The van der Waals surface area contributed by atoms with E-state index >= 15 is 0 Å². The molecule has 0 bridgehead atoms. The van der Waals surface area contributed by atoms with Crippen LogP contribution < -0.4 is 9.47 Å². The number of ether oxygens (including phenoxy) is 2. The van der Waals surface area contributed by atoms with Crippen LogP contribution in [0, 0.1) is 18.3 Å². The summed E-state index contributed by atoms with van der Waals surface area (Å²) in [4.78, 5) is 4.10. The lowest BCUT2D eigenvalue weighted by Gasteiger charge is -2.29. The molecule has 0 aliphatic heterocycles. The van der Waals surface area contributed by atoms with Crippen LogP contribution in [0.15, 0.2) is 53.1 Å². The van der Waals surface area contributed by atoms with Gasteiger partial charge in [-0.15, -0.1) is 10.2 Å². The van der Waals surface area contributed by atoms with Gasteiger partial charge in [0.25, 0.3) is 0 Å². The molecule has 3 aromatic heterocycles. The second-order valence-electron chi connectivity index (χ2n) is 8.84. The number of rotatable bonds is 9. The molecule has 38 heavy (non-hydrogen) atoms. The lowest BCUT2D eigenvalue weighted by molar-refractivity contribution is 0.0518. The lowest BCUT2D eigenvalue weighted by atomic mass is 9.97. The minimum Gasteiger partial charge on any atom is -0.494 e. The van der Waals surface area contributed by atoms with Gasteiger partial charge >= 0.3 is 0 Å². The first-order chi connectivity index (χ1) is 18.0. The molecule has 0 amide bonds. The van der Waals surface area contributed by atoms with E-state index in [2.05, 4.69) is 15.2 Å². The molecule has 12 heteroatoms. The standard InChI is InChI=1S/C26H27N5O6S/c1-16-9-11-21(37-16)25-30-29-23(31(25)24-19(35-4)7-6-8-20(24)36-5)15-38(33,34)17(2)26(3,32)22-12-10-18(13-27)14-28-22/h6-12,14,17,32H,15H2,1-5H3/t17-,26+/m0/s1. The monoisotopic (exact) mass is 537 g/mol. The molecule has 0 unspecified atom stereocenters. The number of hydrogen-bond acceptors (Lipinski definition) is 10. The van der Waals surface area contributed by atoms with Gasteiger partial charge < -0.3 is 19.0 Å². The van der Waals surface area contributed by atoms with E-state index < -0.39 is 26.4 Å². The molecule has 2 atom stereocenters. The minimum atomic E-state index is -4.06. The lowest BCUT2D eigenvalue weighted by Crippen LogP contribution is -2.41. The van der Waals surface area contributed by atoms with Crippen molar-refractivity contribution in [3.05, 3.63) is 71.5 Å². The second-order valence-corrected chi connectivity index (χ2v) is 11.2. The minimum absolute atomic E-state index is 0.0623. The number of para-hydroxylation sites is 1. The van der Waals surface area contributed by atoms with Crippen molar-refractivity contribution in [2.24, 2.45) is 0 Å². The maximum absolute atomic E-state index is 13.7. The topological polar surface area (TPSA) is 153 Å². The van der Waals surface area contributed by atoms with E-state index in [1.165, 1.54) is 51.0 Å². The molecule has 0 fully saturated rings. The van der Waals surface area contributed by atoms with Crippen molar-refractivity contribution in [3.63, 3.8) is 0 Å². The Morgan fingerprint density at radius 2 is 1.82 bits per heavy atom. The fourth-order valence-corrected chi connectivity index (χ4v) is 5.65. The zero-order valence-corrected chi connectivity index (χ0v) is 22.4. The van der Waals surface area contributed by atoms with Crippen LogP contribution in [0.25, 0.3) is 17.3 Å². The molecular formula is C26H27N5O6S. The van der Waals surface area contributed by atoms with Crippen LogP contribution >= 0.6 is 0 Å². The summed E-state index contributed by atoms with van der Waals surface area (Å²) < 4.78 is 45.8. The number of pyridine rings is 1. The van der Waals surface area contributed by atoms with Crippen LogP contribution in [-0.2, 0) is 21.2 Å². The highest BCUT2D eigenvalue weighted by Gasteiger charge is 2.41. The highest BCUT2D eigenvalue weighted by atomic mass is 32.2. The number of aliphatic hydroxyl groups is 1. The number of aromatic nitrogens is 4. The summed E-state index contributed by atoms with van der Waals surface area (Å²) in [6, 6.07) is 13.5. The van der Waals surface area contributed by atoms with E-state index in [0.717, 1.165) is 0 Å². The van der Waals surface area contributed by atoms with Crippen molar-refractivity contribution in [3.8, 4) is 34.8 Å². The molecule has 3 heterocycles. The number of benzene rings is 1. The fraction of sp³-hybridized carbons (Fsp3) is 0.308. The number of furan rings is 1. The van der Waals surface area contributed by atoms with Crippen LogP contribution in [0.2, 0.25) is 0 Å². The van der Waals surface area contributed by atoms with E-state index in [1.807, 2.05) is 6.07 Å². The Hall–Kier alpha value is -4.21. The van der Waals surface area contributed by atoms with Gasteiger partial charge in [-0.3, -0.25) is 9.55 Å². The molecule has 4 rings (SSSR count). The molecule has 1 N–H and O–H groups in total. The van der Waals surface area contributed by atoms with Crippen LogP contribution in [0.1, 0.15) is 36.7 Å². The quantitative estimate of drug-likeness (QED) is 0.336. The largest absolute Gasteiger partial charge is 0.494 e. The zero-order valence-electron chi connectivity index (χ0n) is 21.5. The van der Waals surface area contributed by atoms with Gasteiger partial charge in [0.15, 0.2) is 21.4 Å². The number of nitrogens with zero attached hydrogens (tertiary/aromatic N) is 5. The van der Waals surface area contributed by atoms with Crippen LogP contribution in [0.5, 0.6) is 11.5 Å². The molecule has 0 aliphatic carbocycles. The number of methoxy groups -OCH3 is 2. The van der Waals surface area contributed by atoms with Gasteiger partial charge in [-0.1, -0.05) is 6.07 Å². The molecule has 4 aromatic rings.